The summed E-state index contributed by atoms with van der Waals surface area (Å²) in [4.78, 5) is 0. The minimum atomic E-state index is 0.0842. The van der Waals surface area contributed by atoms with Gasteiger partial charge < -0.3 is 10.1 Å². The van der Waals surface area contributed by atoms with Gasteiger partial charge in [0.1, 0.15) is 11.9 Å². The molecule has 2 nitrogen and oxygen atoms in total. The normalized spacial score (nSPS) is 16.7. The van der Waals surface area contributed by atoms with Crippen molar-refractivity contribution in [1.29, 1.82) is 0 Å². The molecule has 0 amide bonds. The van der Waals surface area contributed by atoms with Gasteiger partial charge in [0.05, 0.1) is 0 Å². The molecule has 1 saturated heterocycles. The number of nitrogens with one attached hydrogen (secondary N) is 1. The van der Waals surface area contributed by atoms with Gasteiger partial charge in [0.15, 0.2) is 0 Å². The van der Waals surface area contributed by atoms with Crippen LogP contribution in [0.25, 0.3) is 0 Å². The lowest BCUT2D eigenvalue weighted by Crippen LogP contribution is -2.46. The molecule has 2 aromatic carbocycles. The van der Waals surface area contributed by atoms with Crippen molar-refractivity contribution in [3.05, 3.63) is 65.2 Å². The summed E-state index contributed by atoms with van der Waals surface area (Å²) >= 11 is 5.95. The van der Waals surface area contributed by atoms with Gasteiger partial charge in [-0.3, -0.25) is 0 Å². The SMILES string of the molecule is Clc1ccc([C@@H](Oc2ccccc2)C2CNC2)cc1. The zero-order chi connectivity index (χ0) is 13.1. The van der Waals surface area contributed by atoms with Crippen molar-refractivity contribution in [3.63, 3.8) is 0 Å². The minimum absolute atomic E-state index is 0.0842. The number of benzene rings is 2. The standard InChI is InChI=1S/C16H16ClNO/c17-14-8-6-12(7-9-14)16(13-10-18-11-13)19-15-4-2-1-3-5-15/h1-9,13,16,18H,10-11H2/t16-/m1/s1. The summed E-state index contributed by atoms with van der Waals surface area (Å²) in [7, 11) is 0. The molecule has 1 heterocycles. The van der Waals surface area contributed by atoms with Gasteiger partial charge in [-0.2, -0.15) is 0 Å². The second kappa shape index (κ2) is 5.64. The average molecular weight is 274 g/mol. The number of rotatable bonds is 4. The van der Waals surface area contributed by atoms with Crippen molar-refractivity contribution in [1.82, 2.24) is 5.32 Å². The van der Waals surface area contributed by atoms with Crippen molar-refractivity contribution in [2.24, 2.45) is 5.92 Å². The van der Waals surface area contributed by atoms with E-state index in [0.29, 0.717) is 5.92 Å². The van der Waals surface area contributed by atoms with Crippen molar-refractivity contribution in [2.45, 2.75) is 6.10 Å². The Morgan fingerprint density at radius 2 is 1.68 bits per heavy atom. The van der Waals surface area contributed by atoms with Gasteiger partial charge in [0.25, 0.3) is 0 Å². The molecular formula is C16H16ClNO. The maximum absolute atomic E-state index is 6.16. The molecule has 1 fully saturated rings. The Hall–Kier alpha value is -1.51. The van der Waals surface area contributed by atoms with Gasteiger partial charge in [0.2, 0.25) is 0 Å². The maximum Gasteiger partial charge on any atom is 0.129 e. The summed E-state index contributed by atoms with van der Waals surface area (Å²) in [6.45, 7) is 2.00. The van der Waals surface area contributed by atoms with Crippen LogP contribution in [0.4, 0.5) is 0 Å². The van der Waals surface area contributed by atoms with E-state index >= 15 is 0 Å². The van der Waals surface area contributed by atoms with E-state index in [0.717, 1.165) is 23.9 Å². The molecule has 0 aromatic heterocycles. The molecule has 2 aromatic rings. The molecule has 19 heavy (non-hydrogen) atoms. The number of para-hydroxylation sites is 1. The van der Waals surface area contributed by atoms with E-state index in [2.05, 4.69) is 5.32 Å². The summed E-state index contributed by atoms with van der Waals surface area (Å²) < 4.78 is 6.16. The molecule has 1 N–H and O–H groups in total. The first kappa shape index (κ1) is 12.5. The topological polar surface area (TPSA) is 21.3 Å². The summed E-state index contributed by atoms with van der Waals surface area (Å²) in [6, 6.07) is 17.9. The number of hydrogen-bond donors (Lipinski definition) is 1. The van der Waals surface area contributed by atoms with E-state index in [4.69, 9.17) is 16.3 Å². The first-order valence-electron chi connectivity index (χ1n) is 6.51. The Balaban J connectivity index is 1.83. The van der Waals surface area contributed by atoms with Crippen LogP contribution in [0, 0.1) is 5.92 Å². The van der Waals surface area contributed by atoms with Crippen LogP contribution in [0.15, 0.2) is 54.6 Å². The Bertz CT molecular complexity index is 522. The fourth-order valence-corrected chi connectivity index (χ4v) is 2.39. The monoisotopic (exact) mass is 273 g/mol. The van der Waals surface area contributed by atoms with Crippen molar-refractivity contribution >= 4 is 11.6 Å². The van der Waals surface area contributed by atoms with Crippen molar-refractivity contribution < 1.29 is 4.74 Å². The second-order valence-corrected chi connectivity index (χ2v) is 5.26. The molecule has 0 radical (unpaired) electrons. The van der Waals surface area contributed by atoms with Crippen LogP contribution in [-0.4, -0.2) is 13.1 Å². The highest BCUT2D eigenvalue weighted by Crippen LogP contribution is 2.31. The Kier molecular flexibility index (Phi) is 3.72. The highest BCUT2D eigenvalue weighted by molar-refractivity contribution is 6.30. The summed E-state index contributed by atoms with van der Waals surface area (Å²) in [5, 5.41) is 4.06. The quantitative estimate of drug-likeness (QED) is 0.918. The molecule has 0 saturated carbocycles. The molecule has 1 aliphatic rings. The number of ether oxygens (including phenoxy) is 1. The van der Waals surface area contributed by atoms with Gasteiger partial charge in [-0.05, 0) is 29.8 Å². The summed E-state index contributed by atoms with van der Waals surface area (Å²) in [5.74, 6) is 1.43. The maximum atomic E-state index is 6.16. The zero-order valence-electron chi connectivity index (χ0n) is 10.6. The van der Waals surface area contributed by atoms with E-state index in [9.17, 15) is 0 Å². The third-order valence-corrected chi connectivity index (χ3v) is 3.70. The molecule has 0 bridgehead atoms. The van der Waals surface area contributed by atoms with Crippen molar-refractivity contribution in [3.8, 4) is 5.75 Å². The van der Waals surface area contributed by atoms with E-state index in [1.165, 1.54) is 5.56 Å². The first-order valence-corrected chi connectivity index (χ1v) is 6.88. The molecule has 98 valence electrons. The highest BCUT2D eigenvalue weighted by atomic mass is 35.5. The lowest BCUT2D eigenvalue weighted by Gasteiger charge is -2.35. The van der Waals surface area contributed by atoms with E-state index in [1.54, 1.807) is 0 Å². The first-order chi connectivity index (χ1) is 9.33. The Labute approximate surface area is 118 Å². The molecule has 1 atom stereocenters. The Morgan fingerprint density at radius 3 is 2.26 bits per heavy atom. The van der Waals surface area contributed by atoms with Gasteiger partial charge >= 0.3 is 0 Å². The van der Waals surface area contributed by atoms with Gasteiger partial charge in [0, 0.05) is 24.0 Å². The minimum Gasteiger partial charge on any atom is -0.485 e. The van der Waals surface area contributed by atoms with Gasteiger partial charge in [-0.1, -0.05) is 41.9 Å². The average Bonchev–Trinajstić information content (AvgIpc) is 2.38. The number of halogens is 1. The van der Waals surface area contributed by atoms with Crippen LogP contribution >= 0.6 is 11.6 Å². The third kappa shape index (κ3) is 2.91. The van der Waals surface area contributed by atoms with Crippen molar-refractivity contribution in [2.75, 3.05) is 13.1 Å². The van der Waals surface area contributed by atoms with Crippen LogP contribution < -0.4 is 10.1 Å². The molecule has 1 aliphatic heterocycles. The fourth-order valence-electron chi connectivity index (χ4n) is 2.26. The fraction of sp³-hybridized carbons (Fsp3) is 0.250. The van der Waals surface area contributed by atoms with Gasteiger partial charge in [-0.15, -0.1) is 0 Å². The number of hydrogen-bond acceptors (Lipinski definition) is 2. The van der Waals surface area contributed by atoms with Crippen LogP contribution in [0.1, 0.15) is 11.7 Å². The van der Waals surface area contributed by atoms with Gasteiger partial charge in [-0.25, -0.2) is 0 Å². The van der Waals surface area contributed by atoms with Crippen LogP contribution in [0.5, 0.6) is 5.75 Å². The Morgan fingerprint density at radius 1 is 1.00 bits per heavy atom. The lowest BCUT2D eigenvalue weighted by atomic mass is 9.91. The lowest BCUT2D eigenvalue weighted by molar-refractivity contribution is 0.0993. The molecule has 3 rings (SSSR count). The van der Waals surface area contributed by atoms with E-state index in [1.807, 2.05) is 54.6 Å². The predicted octanol–water partition coefficient (Wildman–Crippen LogP) is 3.68. The molecule has 0 aliphatic carbocycles. The molecular weight excluding hydrogens is 258 g/mol. The van der Waals surface area contributed by atoms with E-state index in [-0.39, 0.29) is 6.10 Å². The smallest absolute Gasteiger partial charge is 0.129 e. The molecule has 3 heteroatoms. The third-order valence-electron chi connectivity index (χ3n) is 3.45. The molecule has 0 spiro atoms. The summed E-state index contributed by atoms with van der Waals surface area (Å²) in [5.41, 5.74) is 1.18. The van der Waals surface area contributed by atoms with Crippen LogP contribution in [-0.2, 0) is 0 Å². The zero-order valence-corrected chi connectivity index (χ0v) is 11.3. The summed E-state index contributed by atoms with van der Waals surface area (Å²) in [6.07, 6.45) is 0.0842. The predicted molar refractivity (Wildman–Crippen MR) is 77.6 cm³/mol. The second-order valence-electron chi connectivity index (χ2n) is 4.82. The van der Waals surface area contributed by atoms with Crippen LogP contribution in [0.3, 0.4) is 0 Å². The largest absolute Gasteiger partial charge is 0.485 e. The molecule has 0 unspecified atom stereocenters. The van der Waals surface area contributed by atoms with Crippen LogP contribution in [0.2, 0.25) is 5.02 Å². The highest BCUT2D eigenvalue weighted by Gasteiger charge is 2.30. The van der Waals surface area contributed by atoms with E-state index < -0.39 is 0 Å².